The first kappa shape index (κ1) is 19.8. The minimum atomic E-state index is 0.577. The van der Waals surface area contributed by atoms with E-state index < -0.39 is 0 Å². The molecule has 0 N–H and O–H groups in total. The van der Waals surface area contributed by atoms with E-state index in [0.29, 0.717) is 39.5 Å². The van der Waals surface area contributed by atoms with E-state index in [4.69, 9.17) is 19.4 Å². The van der Waals surface area contributed by atoms with Crippen LogP contribution in [-0.2, 0) is 19.4 Å². The maximum Gasteiger partial charge on any atom is 0.0709 e. The number of hydroxylamine groups is 4. The molecule has 0 aliphatic carbocycles. The van der Waals surface area contributed by atoms with Crippen molar-refractivity contribution in [3.05, 3.63) is 0 Å². The lowest BCUT2D eigenvalue weighted by Crippen LogP contribution is -2.36. The van der Waals surface area contributed by atoms with E-state index in [9.17, 15) is 0 Å². The molecule has 0 aromatic carbocycles. The third-order valence-electron chi connectivity index (χ3n) is 2.22. The van der Waals surface area contributed by atoms with Crippen molar-refractivity contribution in [3.8, 4) is 0 Å². The minimum Gasteiger partial charge on any atom is -0.274 e. The van der Waals surface area contributed by atoms with Gasteiger partial charge in [0.1, 0.15) is 0 Å². The Bertz CT molecular complexity index is 160. The van der Waals surface area contributed by atoms with Gasteiger partial charge in [-0.05, 0) is 25.7 Å². The zero-order valence-corrected chi connectivity index (χ0v) is 13.6. The van der Waals surface area contributed by atoms with Crippen molar-refractivity contribution in [2.45, 2.75) is 53.4 Å². The van der Waals surface area contributed by atoms with Crippen molar-refractivity contribution >= 4 is 0 Å². The summed E-state index contributed by atoms with van der Waals surface area (Å²) in [6.07, 6.45) is 3.81. The van der Waals surface area contributed by atoms with Crippen LogP contribution in [0.3, 0.4) is 0 Å². The van der Waals surface area contributed by atoms with Gasteiger partial charge >= 0.3 is 0 Å². The second-order valence-corrected chi connectivity index (χ2v) is 4.45. The summed E-state index contributed by atoms with van der Waals surface area (Å²) in [5, 5.41) is 3.06. The average molecular weight is 292 g/mol. The molecule has 6 heteroatoms. The van der Waals surface area contributed by atoms with Gasteiger partial charge in [-0.3, -0.25) is 19.4 Å². The van der Waals surface area contributed by atoms with Crippen LogP contribution in [0.5, 0.6) is 0 Å². The van der Waals surface area contributed by atoms with Gasteiger partial charge in [0.25, 0.3) is 0 Å². The largest absolute Gasteiger partial charge is 0.274 e. The normalized spacial score (nSPS) is 11.7. The highest BCUT2D eigenvalue weighted by molar-refractivity contribution is 4.39. The van der Waals surface area contributed by atoms with Crippen LogP contribution >= 0.6 is 0 Å². The predicted octanol–water partition coefficient (Wildman–Crippen LogP) is 2.96. The van der Waals surface area contributed by atoms with E-state index in [2.05, 4.69) is 27.7 Å². The molecule has 0 saturated carbocycles. The van der Waals surface area contributed by atoms with Crippen molar-refractivity contribution in [1.82, 2.24) is 10.5 Å². The summed E-state index contributed by atoms with van der Waals surface area (Å²) in [6.45, 7) is 12.0. The van der Waals surface area contributed by atoms with E-state index in [1.165, 1.54) is 10.5 Å². The zero-order valence-electron chi connectivity index (χ0n) is 13.6. The molecule has 0 radical (unpaired) electrons. The molecule has 0 atom stereocenters. The Morgan fingerprint density at radius 1 is 0.500 bits per heavy atom. The predicted molar refractivity (Wildman–Crippen MR) is 78.4 cm³/mol. The van der Waals surface area contributed by atoms with Gasteiger partial charge in [-0.25, -0.2) is 0 Å². The maximum absolute atomic E-state index is 5.53. The summed E-state index contributed by atoms with van der Waals surface area (Å²) >= 11 is 0. The highest BCUT2D eigenvalue weighted by atomic mass is 17.0. The fraction of sp³-hybridized carbons (Fsp3) is 1.00. The molecule has 0 unspecified atom stereocenters. The zero-order chi connectivity index (χ0) is 15.1. The molecule has 0 fully saturated rings. The van der Waals surface area contributed by atoms with Crippen LogP contribution in [0, 0.1) is 0 Å². The molecule has 0 saturated heterocycles. The Morgan fingerprint density at radius 2 is 0.750 bits per heavy atom. The third-order valence-corrected chi connectivity index (χ3v) is 2.22. The molecule has 0 bridgehead atoms. The molecule has 0 aromatic rings. The van der Waals surface area contributed by atoms with Crippen LogP contribution in [-0.4, -0.2) is 50.0 Å². The van der Waals surface area contributed by atoms with Gasteiger partial charge in [0.05, 0.1) is 39.5 Å². The number of hydrogen-bond donors (Lipinski definition) is 0. The number of nitrogens with zero attached hydrogens (tertiary/aromatic N) is 2. The Morgan fingerprint density at radius 3 is 0.950 bits per heavy atom. The second kappa shape index (κ2) is 15.2. The van der Waals surface area contributed by atoms with Gasteiger partial charge in [0, 0.05) is 0 Å². The molecule has 0 rings (SSSR count). The van der Waals surface area contributed by atoms with Crippen molar-refractivity contribution in [2.75, 3.05) is 39.5 Å². The van der Waals surface area contributed by atoms with Gasteiger partial charge < -0.3 is 0 Å². The molecule has 122 valence electrons. The Hall–Kier alpha value is -0.240. The molecule has 0 heterocycles. The lowest BCUT2D eigenvalue weighted by atomic mass is 10.5. The van der Waals surface area contributed by atoms with E-state index in [0.717, 1.165) is 25.7 Å². The Labute approximate surface area is 123 Å². The minimum absolute atomic E-state index is 0.577. The molecular formula is C14H32N2O4. The second-order valence-electron chi connectivity index (χ2n) is 4.45. The lowest BCUT2D eigenvalue weighted by Gasteiger charge is -2.25. The highest BCUT2D eigenvalue weighted by Crippen LogP contribution is 2.00. The van der Waals surface area contributed by atoms with Crippen LogP contribution in [0.4, 0.5) is 0 Å². The van der Waals surface area contributed by atoms with E-state index in [-0.39, 0.29) is 0 Å². The van der Waals surface area contributed by atoms with Crippen molar-refractivity contribution in [3.63, 3.8) is 0 Å². The van der Waals surface area contributed by atoms with Crippen LogP contribution < -0.4 is 0 Å². The van der Waals surface area contributed by atoms with E-state index >= 15 is 0 Å². The summed E-state index contributed by atoms with van der Waals surface area (Å²) in [5.41, 5.74) is 0. The Balaban J connectivity index is 4.05. The van der Waals surface area contributed by atoms with Crippen molar-refractivity contribution < 1.29 is 19.4 Å². The molecule has 0 aromatic heterocycles. The van der Waals surface area contributed by atoms with Crippen LogP contribution in [0.15, 0.2) is 0 Å². The maximum atomic E-state index is 5.53. The summed E-state index contributed by atoms with van der Waals surface area (Å²) in [5.74, 6) is 0. The van der Waals surface area contributed by atoms with Crippen molar-refractivity contribution in [2.24, 2.45) is 0 Å². The van der Waals surface area contributed by atoms with Gasteiger partial charge in [0.15, 0.2) is 0 Å². The van der Waals surface area contributed by atoms with Crippen LogP contribution in [0.2, 0.25) is 0 Å². The summed E-state index contributed by atoms with van der Waals surface area (Å²) < 4.78 is 0. The average Bonchev–Trinajstić information content (AvgIpc) is 2.48. The first-order valence-corrected chi connectivity index (χ1v) is 7.85. The fourth-order valence-corrected chi connectivity index (χ4v) is 1.27. The van der Waals surface area contributed by atoms with E-state index in [1.807, 2.05) is 0 Å². The third kappa shape index (κ3) is 11.6. The lowest BCUT2D eigenvalue weighted by molar-refractivity contribution is -0.401. The van der Waals surface area contributed by atoms with Gasteiger partial charge in [-0.15, -0.1) is 0 Å². The summed E-state index contributed by atoms with van der Waals surface area (Å²) in [4.78, 5) is 22.1. The van der Waals surface area contributed by atoms with Gasteiger partial charge in [-0.1, -0.05) is 38.1 Å². The standard InChI is InChI=1S/C14H32N2O4/c1-5-11-17-15(18-12-6-2)9-10-16(19-13-7-3)20-14-8-4/h5-14H2,1-4H3. The molecular weight excluding hydrogens is 260 g/mol. The molecule has 0 aliphatic rings. The summed E-state index contributed by atoms with van der Waals surface area (Å²) in [6, 6.07) is 0. The SMILES string of the molecule is CCCON(CCN(OCCC)OCCC)OCCC. The molecule has 0 aliphatic heterocycles. The van der Waals surface area contributed by atoms with Gasteiger partial charge in [0.2, 0.25) is 0 Å². The Kier molecular flexibility index (Phi) is 15.0. The quantitative estimate of drug-likeness (QED) is 0.432. The summed E-state index contributed by atoms with van der Waals surface area (Å²) in [7, 11) is 0. The van der Waals surface area contributed by atoms with Crippen LogP contribution in [0.1, 0.15) is 53.4 Å². The van der Waals surface area contributed by atoms with Crippen LogP contribution in [0.25, 0.3) is 0 Å². The number of hydrogen-bond acceptors (Lipinski definition) is 6. The highest BCUT2D eigenvalue weighted by Gasteiger charge is 2.11. The first-order chi connectivity index (χ1) is 9.78. The molecule has 0 spiro atoms. The molecule has 20 heavy (non-hydrogen) atoms. The van der Waals surface area contributed by atoms with Crippen molar-refractivity contribution in [1.29, 1.82) is 0 Å². The number of rotatable bonds is 15. The first-order valence-electron chi connectivity index (χ1n) is 7.85. The molecule has 6 nitrogen and oxygen atoms in total. The monoisotopic (exact) mass is 292 g/mol. The topological polar surface area (TPSA) is 43.4 Å². The van der Waals surface area contributed by atoms with E-state index in [1.54, 1.807) is 0 Å². The molecule has 0 amide bonds. The smallest absolute Gasteiger partial charge is 0.0709 e. The fourth-order valence-electron chi connectivity index (χ4n) is 1.27. The van der Waals surface area contributed by atoms with Gasteiger partial charge in [-0.2, -0.15) is 0 Å².